The van der Waals surface area contributed by atoms with Gasteiger partial charge in [0.15, 0.2) is 0 Å². The number of nitrogens with zero attached hydrogens (tertiary/aromatic N) is 6. The quantitative estimate of drug-likeness (QED) is 0.709. The van der Waals surface area contributed by atoms with Crippen LogP contribution in [-0.2, 0) is 27.5 Å². The highest BCUT2D eigenvalue weighted by Gasteiger charge is 2.34. The molecule has 160 valence electrons. The largest absolute Gasteiger partial charge is 0.370 e. The molecule has 0 N–H and O–H groups in total. The molecule has 2 fully saturated rings. The molecule has 1 saturated heterocycles. The average molecular weight is 412 g/mol. The molecule has 0 spiro atoms. The third-order valence-corrected chi connectivity index (χ3v) is 5.86. The first-order valence-corrected chi connectivity index (χ1v) is 10.6. The average Bonchev–Trinajstić information content (AvgIpc) is 3.22. The fraction of sp³-hybridized carbons (Fsp3) is 0.571. The van der Waals surface area contributed by atoms with Crippen LogP contribution in [-0.4, -0.2) is 73.6 Å². The number of amides is 2. The number of carbonyl (C=O) groups is 2. The zero-order valence-corrected chi connectivity index (χ0v) is 17.1. The first-order chi connectivity index (χ1) is 14.7. The van der Waals surface area contributed by atoms with Crippen molar-refractivity contribution in [3.8, 4) is 0 Å². The maximum atomic E-state index is 13.1. The van der Waals surface area contributed by atoms with E-state index in [1.54, 1.807) is 4.90 Å². The molecule has 2 aromatic rings. The van der Waals surface area contributed by atoms with Crippen molar-refractivity contribution >= 4 is 11.8 Å². The summed E-state index contributed by atoms with van der Waals surface area (Å²) < 4.78 is 7.57. The van der Waals surface area contributed by atoms with Gasteiger partial charge in [-0.2, -0.15) is 0 Å². The van der Waals surface area contributed by atoms with Crippen LogP contribution in [0.5, 0.6) is 0 Å². The van der Waals surface area contributed by atoms with Crippen molar-refractivity contribution < 1.29 is 14.3 Å². The number of hydrogen-bond acceptors (Lipinski definition) is 6. The SMILES string of the molecule is O=C(Cn1cnnn1)N1CC(=O)N(C2CCCCC2)C[C@H](OCc2ccccc2)C1. The monoisotopic (exact) mass is 412 g/mol. The van der Waals surface area contributed by atoms with Gasteiger partial charge in [-0.05, 0) is 28.8 Å². The molecule has 1 aromatic carbocycles. The van der Waals surface area contributed by atoms with E-state index in [-0.39, 0.29) is 37.0 Å². The molecule has 9 heteroatoms. The zero-order valence-electron chi connectivity index (χ0n) is 17.1. The lowest BCUT2D eigenvalue weighted by Gasteiger charge is -2.34. The molecule has 1 saturated carbocycles. The van der Waals surface area contributed by atoms with Crippen LogP contribution >= 0.6 is 0 Å². The van der Waals surface area contributed by atoms with E-state index in [0.29, 0.717) is 19.7 Å². The minimum atomic E-state index is -0.239. The molecule has 0 radical (unpaired) electrons. The molecule has 2 heterocycles. The minimum absolute atomic E-state index is 0.00206. The highest BCUT2D eigenvalue weighted by atomic mass is 16.5. The predicted octanol–water partition coefficient (Wildman–Crippen LogP) is 1.26. The molecule has 0 unspecified atom stereocenters. The Balaban J connectivity index is 1.47. The van der Waals surface area contributed by atoms with E-state index in [9.17, 15) is 9.59 Å². The zero-order chi connectivity index (χ0) is 20.8. The Morgan fingerprint density at radius 2 is 1.90 bits per heavy atom. The summed E-state index contributed by atoms with van der Waals surface area (Å²) in [5, 5.41) is 10.9. The van der Waals surface area contributed by atoms with Crippen LogP contribution in [0.3, 0.4) is 0 Å². The van der Waals surface area contributed by atoms with Gasteiger partial charge in [0, 0.05) is 19.1 Å². The van der Waals surface area contributed by atoms with Crippen molar-refractivity contribution in [2.45, 2.75) is 57.4 Å². The topological polar surface area (TPSA) is 93.5 Å². The van der Waals surface area contributed by atoms with Crippen LogP contribution in [0.25, 0.3) is 0 Å². The van der Waals surface area contributed by atoms with Gasteiger partial charge in [0.25, 0.3) is 0 Å². The molecule has 9 nitrogen and oxygen atoms in total. The van der Waals surface area contributed by atoms with E-state index in [0.717, 1.165) is 31.2 Å². The van der Waals surface area contributed by atoms with E-state index in [4.69, 9.17) is 4.74 Å². The maximum absolute atomic E-state index is 13.1. The standard InChI is InChI=1S/C21H28N6O3/c28-20(14-26-16-22-23-24-26)25-11-19(30-15-17-7-3-1-4-8-17)12-27(21(29)13-25)18-9-5-2-6-10-18/h1,3-4,7-8,16,18-19H,2,5-6,9-15H2/t19-/m1/s1. The van der Waals surface area contributed by atoms with E-state index in [1.165, 1.54) is 17.4 Å². The Kier molecular flexibility index (Phi) is 6.68. The molecule has 1 aliphatic carbocycles. The van der Waals surface area contributed by atoms with Crippen molar-refractivity contribution in [3.63, 3.8) is 0 Å². The Morgan fingerprint density at radius 1 is 1.10 bits per heavy atom. The second-order valence-corrected chi connectivity index (χ2v) is 8.04. The third-order valence-electron chi connectivity index (χ3n) is 5.86. The van der Waals surface area contributed by atoms with Gasteiger partial charge in [0.05, 0.1) is 19.3 Å². The molecule has 4 rings (SSSR count). The number of aromatic nitrogens is 4. The lowest BCUT2D eigenvalue weighted by molar-refractivity contribution is -0.140. The maximum Gasteiger partial charge on any atom is 0.245 e. The molecule has 0 bridgehead atoms. The first kappa shape index (κ1) is 20.5. The van der Waals surface area contributed by atoms with Crippen molar-refractivity contribution in [1.82, 2.24) is 30.0 Å². The summed E-state index contributed by atoms with van der Waals surface area (Å²) in [6.45, 7) is 1.43. The second-order valence-electron chi connectivity index (χ2n) is 8.04. The Bertz CT molecular complexity index is 823. The predicted molar refractivity (Wildman–Crippen MR) is 108 cm³/mol. The van der Waals surface area contributed by atoms with Crippen LogP contribution in [0.1, 0.15) is 37.7 Å². The molecule has 2 amide bonds. The molecule has 1 aromatic heterocycles. The van der Waals surface area contributed by atoms with E-state index >= 15 is 0 Å². The Hall–Kier alpha value is -2.81. The molecule has 1 atom stereocenters. The van der Waals surface area contributed by atoms with E-state index in [2.05, 4.69) is 15.5 Å². The minimum Gasteiger partial charge on any atom is -0.370 e. The summed E-state index contributed by atoms with van der Waals surface area (Å²) >= 11 is 0. The molecule has 30 heavy (non-hydrogen) atoms. The molecular weight excluding hydrogens is 384 g/mol. The van der Waals surface area contributed by atoms with Crippen molar-refractivity contribution in [3.05, 3.63) is 42.2 Å². The number of benzene rings is 1. The lowest BCUT2D eigenvalue weighted by Crippen LogP contribution is -2.46. The highest BCUT2D eigenvalue weighted by Crippen LogP contribution is 2.25. The number of rotatable bonds is 6. The smallest absolute Gasteiger partial charge is 0.245 e. The molecule has 1 aliphatic heterocycles. The van der Waals surface area contributed by atoms with Crippen molar-refractivity contribution in [1.29, 1.82) is 0 Å². The van der Waals surface area contributed by atoms with E-state index < -0.39 is 0 Å². The summed E-state index contributed by atoms with van der Waals surface area (Å²) in [6, 6.07) is 10.2. The number of hydrogen-bond donors (Lipinski definition) is 0. The summed E-state index contributed by atoms with van der Waals surface area (Å²) in [4.78, 5) is 29.5. The van der Waals surface area contributed by atoms with Crippen LogP contribution in [0.2, 0.25) is 0 Å². The van der Waals surface area contributed by atoms with Crippen LogP contribution < -0.4 is 0 Å². The van der Waals surface area contributed by atoms with Gasteiger partial charge in [0.1, 0.15) is 12.9 Å². The van der Waals surface area contributed by atoms with Gasteiger partial charge in [0.2, 0.25) is 11.8 Å². The Labute approximate surface area is 176 Å². The molecular formula is C21H28N6O3. The van der Waals surface area contributed by atoms with Gasteiger partial charge in [-0.1, -0.05) is 49.6 Å². The first-order valence-electron chi connectivity index (χ1n) is 10.6. The summed E-state index contributed by atoms with van der Waals surface area (Å²) in [6.07, 6.45) is 6.72. The summed E-state index contributed by atoms with van der Waals surface area (Å²) in [7, 11) is 0. The lowest BCUT2D eigenvalue weighted by atomic mass is 9.94. The summed E-state index contributed by atoms with van der Waals surface area (Å²) in [5.74, 6) is -0.188. The fourth-order valence-corrected chi connectivity index (χ4v) is 4.26. The fourth-order valence-electron chi connectivity index (χ4n) is 4.26. The van der Waals surface area contributed by atoms with Gasteiger partial charge < -0.3 is 14.5 Å². The van der Waals surface area contributed by atoms with E-state index in [1.807, 2.05) is 35.2 Å². The van der Waals surface area contributed by atoms with Gasteiger partial charge in [-0.3, -0.25) is 9.59 Å². The van der Waals surface area contributed by atoms with Gasteiger partial charge >= 0.3 is 0 Å². The van der Waals surface area contributed by atoms with Gasteiger partial charge in [-0.15, -0.1) is 5.10 Å². The second kappa shape index (κ2) is 9.80. The molecule has 2 aliphatic rings. The Morgan fingerprint density at radius 3 is 2.63 bits per heavy atom. The van der Waals surface area contributed by atoms with Crippen molar-refractivity contribution in [2.24, 2.45) is 0 Å². The number of ether oxygens (including phenoxy) is 1. The van der Waals surface area contributed by atoms with Crippen LogP contribution in [0.4, 0.5) is 0 Å². The highest BCUT2D eigenvalue weighted by molar-refractivity contribution is 5.85. The normalized spacial score (nSPS) is 20.9. The van der Waals surface area contributed by atoms with Gasteiger partial charge in [-0.25, -0.2) is 4.68 Å². The van der Waals surface area contributed by atoms with Crippen LogP contribution in [0, 0.1) is 0 Å². The number of tetrazole rings is 1. The summed E-state index contributed by atoms with van der Waals surface area (Å²) in [5.41, 5.74) is 1.07. The van der Waals surface area contributed by atoms with Crippen molar-refractivity contribution in [2.75, 3.05) is 19.6 Å². The van der Waals surface area contributed by atoms with Crippen LogP contribution in [0.15, 0.2) is 36.7 Å². The third kappa shape index (κ3) is 5.21. The number of carbonyl (C=O) groups excluding carboxylic acids is 2.